The predicted molar refractivity (Wildman–Crippen MR) is 31.1 cm³/mol. The summed E-state index contributed by atoms with van der Waals surface area (Å²) in [6, 6.07) is 0. The summed E-state index contributed by atoms with van der Waals surface area (Å²) >= 11 is 0. The first kappa shape index (κ1) is 4.78. The van der Waals surface area contributed by atoms with E-state index in [4.69, 9.17) is 0 Å². The molecule has 1 aliphatic heterocycles. The summed E-state index contributed by atoms with van der Waals surface area (Å²) in [5, 5.41) is 10.4. The molecular formula is C5H7N3O. The van der Waals surface area contributed by atoms with Crippen LogP contribution >= 0.6 is 0 Å². The van der Waals surface area contributed by atoms with Gasteiger partial charge in [0.2, 0.25) is 0 Å². The summed E-state index contributed by atoms with van der Waals surface area (Å²) in [4.78, 5) is 0. The van der Waals surface area contributed by atoms with Crippen LogP contribution in [0.3, 0.4) is 0 Å². The molecule has 4 heteroatoms. The van der Waals surface area contributed by atoms with Crippen LogP contribution in [0.5, 0.6) is 0 Å². The van der Waals surface area contributed by atoms with Gasteiger partial charge in [0.25, 0.3) is 0 Å². The Balaban J connectivity index is 2.39. The van der Waals surface area contributed by atoms with E-state index in [-0.39, 0.29) is 0 Å². The summed E-state index contributed by atoms with van der Waals surface area (Å²) in [5.74, 6) is 0.821. The van der Waals surface area contributed by atoms with Gasteiger partial charge in [0.1, 0.15) is 5.69 Å². The van der Waals surface area contributed by atoms with Crippen molar-refractivity contribution in [3.8, 4) is 0 Å². The molecule has 4 nitrogen and oxygen atoms in total. The molecule has 1 aliphatic rings. The Kier molecular flexibility index (Phi) is 0.913. The van der Waals surface area contributed by atoms with Gasteiger partial charge >= 0.3 is 0 Å². The number of aryl methyl sites for hydroxylation is 1. The fourth-order valence-electron chi connectivity index (χ4n) is 0.967. The molecule has 2 rings (SSSR count). The zero-order valence-corrected chi connectivity index (χ0v) is 4.92. The van der Waals surface area contributed by atoms with E-state index in [2.05, 4.69) is 20.3 Å². The molecule has 0 atom stereocenters. The molecule has 0 unspecified atom stereocenters. The summed E-state index contributed by atoms with van der Waals surface area (Å²) in [5.41, 5.74) is 0.959. The van der Waals surface area contributed by atoms with Gasteiger partial charge in [0.05, 0.1) is 0 Å². The minimum absolute atomic E-state index is 0.821. The molecular weight excluding hydrogens is 118 g/mol. The number of nitrogens with one attached hydrogen (secondary N) is 1. The van der Waals surface area contributed by atoms with Crippen LogP contribution in [0.15, 0.2) is 4.63 Å². The van der Waals surface area contributed by atoms with E-state index in [1.165, 1.54) is 0 Å². The maximum absolute atomic E-state index is 4.50. The number of nitrogens with zero attached hydrogens (tertiary/aromatic N) is 2. The monoisotopic (exact) mass is 125 g/mol. The van der Waals surface area contributed by atoms with E-state index < -0.39 is 0 Å². The second kappa shape index (κ2) is 1.72. The second-order valence-corrected chi connectivity index (χ2v) is 2.09. The van der Waals surface area contributed by atoms with E-state index in [0.29, 0.717) is 0 Å². The molecule has 0 fully saturated rings. The largest absolute Gasteiger partial charge is 0.366 e. The van der Waals surface area contributed by atoms with Gasteiger partial charge in [-0.15, -0.1) is 0 Å². The number of aromatic nitrogens is 2. The zero-order chi connectivity index (χ0) is 6.10. The van der Waals surface area contributed by atoms with E-state index in [1.54, 1.807) is 0 Å². The minimum atomic E-state index is 0.821. The zero-order valence-electron chi connectivity index (χ0n) is 4.92. The van der Waals surface area contributed by atoms with Gasteiger partial charge in [0, 0.05) is 6.54 Å². The SMILES string of the molecule is C1CNc2nonc2C1. The molecule has 0 saturated carbocycles. The topological polar surface area (TPSA) is 51.0 Å². The highest BCUT2D eigenvalue weighted by Crippen LogP contribution is 2.15. The third kappa shape index (κ3) is 0.667. The van der Waals surface area contributed by atoms with Crippen molar-refractivity contribution in [1.29, 1.82) is 0 Å². The van der Waals surface area contributed by atoms with Gasteiger partial charge in [0.15, 0.2) is 5.82 Å². The Morgan fingerprint density at radius 1 is 1.44 bits per heavy atom. The van der Waals surface area contributed by atoms with Gasteiger partial charge < -0.3 is 5.32 Å². The van der Waals surface area contributed by atoms with Crippen molar-refractivity contribution in [3.05, 3.63) is 5.69 Å². The molecule has 1 N–H and O–H groups in total. The van der Waals surface area contributed by atoms with Crippen LogP contribution in [0.25, 0.3) is 0 Å². The highest BCUT2D eigenvalue weighted by molar-refractivity contribution is 5.39. The first-order chi connectivity index (χ1) is 4.47. The van der Waals surface area contributed by atoms with Gasteiger partial charge in [-0.25, -0.2) is 4.63 Å². The van der Waals surface area contributed by atoms with E-state index in [9.17, 15) is 0 Å². The molecule has 1 aromatic heterocycles. The van der Waals surface area contributed by atoms with Crippen LogP contribution in [0.4, 0.5) is 5.82 Å². The lowest BCUT2D eigenvalue weighted by Crippen LogP contribution is -2.10. The Hall–Kier alpha value is -1.06. The standard InChI is InChI=1S/C5H7N3O/c1-2-4-5(6-3-1)8-9-7-4/h1-3H2,(H,6,8). The number of hydrogen-bond acceptors (Lipinski definition) is 4. The predicted octanol–water partition coefficient (Wildman–Crippen LogP) is 0.428. The lowest BCUT2D eigenvalue weighted by atomic mass is 10.2. The lowest BCUT2D eigenvalue weighted by Gasteiger charge is -2.07. The first-order valence-corrected chi connectivity index (χ1v) is 3.02. The van der Waals surface area contributed by atoms with Gasteiger partial charge in [-0.3, -0.25) is 0 Å². The van der Waals surface area contributed by atoms with Crippen LogP contribution in [0.1, 0.15) is 12.1 Å². The van der Waals surface area contributed by atoms with Crippen molar-refractivity contribution in [2.45, 2.75) is 12.8 Å². The maximum Gasteiger partial charge on any atom is 0.194 e. The fourth-order valence-corrected chi connectivity index (χ4v) is 0.967. The minimum Gasteiger partial charge on any atom is -0.366 e. The smallest absolute Gasteiger partial charge is 0.194 e. The van der Waals surface area contributed by atoms with E-state index in [0.717, 1.165) is 30.9 Å². The first-order valence-electron chi connectivity index (χ1n) is 3.02. The van der Waals surface area contributed by atoms with Crippen LogP contribution in [0.2, 0.25) is 0 Å². The number of rotatable bonds is 0. The van der Waals surface area contributed by atoms with Crippen molar-refractivity contribution in [2.75, 3.05) is 11.9 Å². The summed E-state index contributed by atoms with van der Waals surface area (Å²) in [7, 11) is 0. The Morgan fingerprint density at radius 2 is 2.44 bits per heavy atom. The van der Waals surface area contributed by atoms with Crippen LogP contribution in [-0.2, 0) is 6.42 Å². The van der Waals surface area contributed by atoms with Crippen LogP contribution in [0, 0.1) is 0 Å². The average Bonchev–Trinajstić information content (AvgIpc) is 2.33. The van der Waals surface area contributed by atoms with Gasteiger partial charge in [-0.05, 0) is 18.0 Å². The van der Waals surface area contributed by atoms with Crippen molar-refractivity contribution >= 4 is 5.82 Å². The normalized spacial score (nSPS) is 16.4. The van der Waals surface area contributed by atoms with Crippen molar-refractivity contribution in [3.63, 3.8) is 0 Å². The van der Waals surface area contributed by atoms with Gasteiger partial charge in [-0.1, -0.05) is 5.16 Å². The molecule has 0 spiro atoms. The summed E-state index contributed by atoms with van der Waals surface area (Å²) in [6.07, 6.45) is 2.12. The molecule has 0 saturated heterocycles. The Morgan fingerprint density at radius 3 is 3.33 bits per heavy atom. The average molecular weight is 125 g/mol. The second-order valence-electron chi connectivity index (χ2n) is 2.09. The summed E-state index contributed by atoms with van der Waals surface area (Å²) in [6.45, 7) is 0.987. The van der Waals surface area contributed by atoms with Crippen LogP contribution in [-0.4, -0.2) is 16.9 Å². The summed E-state index contributed by atoms with van der Waals surface area (Å²) < 4.78 is 4.50. The molecule has 1 aromatic rings. The van der Waals surface area contributed by atoms with E-state index in [1.807, 2.05) is 0 Å². The number of hydrogen-bond donors (Lipinski definition) is 1. The van der Waals surface area contributed by atoms with E-state index >= 15 is 0 Å². The fraction of sp³-hybridized carbons (Fsp3) is 0.600. The maximum atomic E-state index is 4.50. The molecule has 0 aliphatic carbocycles. The molecule has 0 bridgehead atoms. The van der Waals surface area contributed by atoms with Crippen LogP contribution < -0.4 is 5.32 Å². The third-order valence-electron chi connectivity index (χ3n) is 1.44. The third-order valence-corrected chi connectivity index (χ3v) is 1.44. The van der Waals surface area contributed by atoms with Crippen molar-refractivity contribution < 1.29 is 4.63 Å². The molecule has 9 heavy (non-hydrogen) atoms. The quantitative estimate of drug-likeness (QED) is 0.546. The molecule has 0 radical (unpaired) electrons. The molecule has 2 heterocycles. The van der Waals surface area contributed by atoms with Crippen molar-refractivity contribution in [1.82, 2.24) is 10.3 Å². The molecule has 48 valence electrons. The number of fused-ring (bicyclic) bond motifs is 1. The number of anilines is 1. The Bertz CT molecular complexity index is 187. The lowest BCUT2D eigenvalue weighted by molar-refractivity contribution is 0.305. The molecule has 0 aromatic carbocycles. The Labute approximate surface area is 52.2 Å². The van der Waals surface area contributed by atoms with Gasteiger partial charge in [-0.2, -0.15) is 0 Å². The highest BCUT2D eigenvalue weighted by atomic mass is 16.6. The van der Waals surface area contributed by atoms with Crippen molar-refractivity contribution in [2.24, 2.45) is 0 Å². The molecule has 0 amide bonds. The highest BCUT2D eigenvalue weighted by Gasteiger charge is 2.12.